The van der Waals surface area contributed by atoms with Crippen LogP contribution < -0.4 is 0 Å². The van der Waals surface area contributed by atoms with Crippen LogP contribution >= 0.6 is 0 Å². The number of hydrogen-bond donors (Lipinski definition) is 0. The minimum atomic E-state index is 0. The molecule has 0 aromatic carbocycles. The van der Waals surface area contributed by atoms with Crippen molar-refractivity contribution in [2.24, 2.45) is 0 Å². The molecule has 7 heavy (non-hydrogen) atoms. The summed E-state index contributed by atoms with van der Waals surface area (Å²) in [6, 6.07) is 0. The Bertz CT molecular complexity index is 6.90. The van der Waals surface area contributed by atoms with Gasteiger partial charge in [0.25, 0.3) is 0 Å². The predicted octanol–water partition coefficient (Wildman–Crippen LogP) is -5.24. The molecule has 0 rings (SSSR count). The first kappa shape index (κ1) is 60.2. The van der Waals surface area contributed by atoms with E-state index in [4.69, 9.17) is 0 Å². The molecular weight excluding hydrogens is 181 g/mol. The Labute approximate surface area is 170 Å². The molecule has 0 saturated carbocycles. The van der Waals surface area contributed by atoms with Crippen LogP contribution in [0.25, 0.3) is 0 Å². The van der Waals surface area contributed by atoms with Gasteiger partial charge in [0.05, 0.1) is 0 Å². The van der Waals surface area contributed by atoms with Crippen molar-refractivity contribution in [2.45, 2.75) is 0 Å². The molecular formula is H11K3O4. The Morgan fingerprint density at radius 1 is 0.286 bits per heavy atom. The van der Waals surface area contributed by atoms with Crippen molar-refractivity contribution < 1.29 is 21.9 Å². The van der Waals surface area contributed by atoms with Crippen LogP contribution in [0.2, 0.25) is 0 Å². The molecule has 4 nitrogen and oxygen atoms in total. The van der Waals surface area contributed by atoms with Crippen LogP contribution in [0.5, 0.6) is 0 Å². The molecule has 0 spiro atoms. The van der Waals surface area contributed by atoms with Gasteiger partial charge in [-0.15, -0.1) is 0 Å². The number of rotatable bonds is 0. The van der Waals surface area contributed by atoms with Gasteiger partial charge in [-0.05, 0) is 0 Å². The third kappa shape index (κ3) is 36.5. The van der Waals surface area contributed by atoms with Crippen molar-refractivity contribution in [1.29, 1.82) is 0 Å². The average molecular weight is 192 g/mol. The van der Waals surface area contributed by atoms with Crippen molar-refractivity contribution in [3.8, 4) is 0 Å². The second-order valence-electron chi connectivity index (χ2n) is 0. The van der Waals surface area contributed by atoms with Crippen molar-refractivity contribution in [2.75, 3.05) is 0 Å². The molecule has 0 aromatic heterocycles. The SMILES string of the molecule is O.O.O.O.[KH].[KH].[KH]. The van der Waals surface area contributed by atoms with E-state index in [2.05, 4.69) is 0 Å². The second kappa shape index (κ2) is 45.3. The Morgan fingerprint density at radius 2 is 0.286 bits per heavy atom. The maximum absolute atomic E-state index is 0. The van der Waals surface area contributed by atoms with Crippen molar-refractivity contribution in [3.63, 3.8) is 0 Å². The first-order valence-electron chi connectivity index (χ1n) is 0. The molecule has 0 bridgehead atoms. The summed E-state index contributed by atoms with van der Waals surface area (Å²) in [7, 11) is 0. The van der Waals surface area contributed by atoms with Crippen molar-refractivity contribution in [3.05, 3.63) is 0 Å². The molecule has 0 aromatic rings. The van der Waals surface area contributed by atoms with Gasteiger partial charge < -0.3 is 21.9 Å². The Morgan fingerprint density at radius 3 is 0.286 bits per heavy atom. The summed E-state index contributed by atoms with van der Waals surface area (Å²) in [5, 5.41) is 0. The Balaban J connectivity index is 0. The summed E-state index contributed by atoms with van der Waals surface area (Å²) in [5.74, 6) is 0. The van der Waals surface area contributed by atoms with E-state index in [0.29, 0.717) is 0 Å². The average Bonchev–Trinajstić information content (AvgIpc) is 0. The molecule has 0 saturated heterocycles. The van der Waals surface area contributed by atoms with Gasteiger partial charge in [-0.1, -0.05) is 0 Å². The number of hydrogen-bond acceptors (Lipinski definition) is 0. The fourth-order valence-corrected chi connectivity index (χ4v) is 0. The van der Waals surface area contributed by atoms with E-state index < -0.39 is 0 Å². The van der Waals surface area contributed by atoms with Gasteiger partial charge in [0, 0.05) is 0 Å². The molecule has 0 fully saturated rings. The first-order valence-corrected chi connectivity index (χ1v) is 0. The van der Waals surface area contributed by atoms with E-state index in [-0.39, 0.29) is 176 Å². The van der Waals surface area contributed by atoms with Gasteiger partial charge in [-0.3, -0.25) is 0 Å². The molecule has 0 aliphatic carbocycles. The summed E-state index contributed by atoms with van der Waals surface area (Å²) < 4.78 is 0. The predicted molar refractivity (Wildman–Crippen MR) is 35.9 cm³/mol. The minimum absolute atomic E-state index is 0. The van der Waals surface area contributed by atoms with E-state index >= 15 is 0 Å². The standard InChI is InChI=1S/3K.4H2O.3H/h;;;4*1H2;;;. The van der Waals surface area contributed by atoms with Crippen LogP contribution in [0, 0.1) is 0 Å². The zero-order valence-electron chi connectivity index (χ0n) is 2.00. The van der Waals surface area contributed by atoms with E-state index in [0.717, 1.165) is 0 Å². The van der Waals surface area contributed by atoms with E-state index in [1.54, 1.807) is 0 Å². The normalized spacial score (nSPS) is 0. The fourth-order valence-electron chi connectivity index (χ4n) is 0. The third-order valence-corrected chi connectivity index (χ3v) is 0. The van der Waals surface area contributed by atoms with Crippen molar-refractivity contribution >= 4 is 154 Å². The molecule has 0 aliphatic rings. The molecule has 0 amide bonds. The van der Waals surface area contributed by atoms with Crippen LogP contribution in [0.4, 0.5) is 0 Å². The molecule has 7 heteroatoms. The molecule has 0 aliphatic heterocycles. The van der Waals surface area contributed by atoms with E-state index in [1.165, 1.54) is 0 Å². The van der Waals surface area contributed by atoms with E-state index in [1.807, 2.05) is 0 Å². The third-order valence-electron chi connectivity index (χ3n) is 0. The fraction of sp³-hybridized carbons (Fsp3) is 0. The molecule has 0 radical (unpaired) electrons. The Kier molecular flexibility index (Phi) is 390. The van der Waals surface area contributed by atoms with Crippen LogP contribution in [-0.4, -0.2) is 176 Å². The summed E-state index contributed by atoms with van der Waals surface area (Å²) in [4.78, 5) is 0. The summed E-state index contributed by atoms with van der Waals surface area (Å²) in [6.07, 6.45) is 0. The van der Waals surface area contributed by atoms with Gasteiger partial charge in [0.2, 0.25) is 0 Å². The van der Waals surface area contributed by atoms with Crippen molar-refractivity contribution in [1.82, 2.24) is 0 Å². The summed E-state index contributed by atoms with van der Waals surface area (Å²) in [5.41, 5.74) is 0. The van der Waals surface area contributed by atoms with E-state index in [9.17, 15) is 0 Å². The Hall–Kier alpha value is 4.75. The second-order valence-corrected chi connectivity index (χ2v) is 0. The zero-order chi connectivity index (χ0) is 0. The van der Waals surface area contributed by atoms with Gasteiger partial charge in [-0.2, -0.15) is 0 Å². The monoisotopic (exact) mass is 192 g/mol. The molecule has 8 N–H and O–H groups in total. The first-order chi connectivity index (χ1) is 0. The van der Waals surface area contributed by atoms with Crippen LogP contribution in [0.3, 0.4) is 0 Å². The molecule has 0 heterocycles. The topological polar surface area (TPSA) is 126 Å². The van der Waals surface area contributed by atoms with Gasteiger partial charge in [-0.25, -0.2) is 0 Å². The maximum atomic E-state index is 0. The molecule has 0 unspecified atom stereocenters. The van der Waals surface area contributed by atoms with Gasteiger partial charge in [0.1, 0.15) is 0 Å². The summed E-state index contributed by atoms with van der Waals surface area (Å²) in [6.45, 7) is 0. The van der Waals surface area contributed by atoms with Crippen LogP contribution in [-0.2, 0) is 0 Å². The van der Waals surface area contributed by atoms with Crippen LogP contribution in [0.15, 0.2) is 0 Å². The zero-order valence-corrected chi connectivity index (χ0v) is 2.00. The molecule has 38 valence electrons. The quantitative estimate of drug-likeness (QED) is 0.340. The van der Waals surface area contributed by atoms with Gasteiger partial charge in [0.15, 0.2) is 0 Å². The van der Waals surface area contributed by atoms with Crippen LogP contribution in [0.1, 0.15) is 0 Å². The van der Waals surface area contributed by atoms with Gasteiger partial charge >= 0.3 is 154 Å². The molecule has 0 atom stereocenters. The summed E-state index contributed by atoms with van der Waals surface area (Å²) >= 11 is 0.